The van der Waals surface area contributed by atoms with Gasteiger partial charge in [-0.05, 0) is 84.2 Å². The number of hydrogen-bond acceptors (Lipinski definition) is 12. The third-order valence-electron chi connectivity index (χ3n) is 7.84. The van der Waals surface area contributed by atoms with Gasteiger partial charge in [0, 0.05) is 16.5 Å². The van der Waals surface area contributed by atoms with Crippen molar-refractivity contribution in [3.8, 4) is 17.1 Å². The highest BCUT2D eigenvalue weighted by atomic mass is 32.2. The van der Waals surface area contributed by atoms with Crippen molar-refractivity contribution < 1.29 is 42.9 Å². The average Bonchev–Trinajstić information content (AvgIpc) is 3.34. The maximum atomic E-state index is 14.0. The molecule has 0 unspecified atom stereocenters. The summed E-state index contributed by atoms with van der Waals surface area (Å²) < 4.78 is 28.9. The summed E-state index contributed by atoms with van der Waals surface area (Å²) in [5.74, 6) is -1.99. The summed E-state index contributed by atoms with van der Waals surface area (Å²) in [7, 11) is 0. The highest BCUT2D eigenvalue weighted by molar-refractivity contribution is 8.00. The van der Waals surface area contributed by atoms with E-state index in [0.29, 0.717) is 29.1 Å². The van der Waals surface area contributed by atoms with Crippen LogP contribution in [-0.4, -0.2) is 56.3 Å². The fraction of sp³-hybridized carbons (Fsp3) is 0.486. The van der Waals surface area contributed by atoms with Crippen molar-refractivity contribution in [2.75, 3.05) is 11.5 Å². The molecule has 0 spiro atoms. The molecule has 0 amide bonds. The van der Waals surface area contributed by atoms with E-state index in [9.17, 15) is 24.0 Å². The Kier molecular flexibility index (Phi) is 9.39. The van der Waals surface area contributed by atoms with Crippen LogP contribution in [0.15, 0.2) is 29.1 Å². The zero-order valence-corrected chi connectivity index (χ0v) is 29.3. The Morgan fingerprint density at radius 3 is 2.29 bits per heavy atom. The number of cyclic esters (lactones) is 1. The molecule has 0 radical (unpaired) electrons. The average molecular weight is 681 g/mol. The molecular formula is C35H40N2O10S. The molecule has 0 bridgehead atoms. The van der Waals surface area contributed by atoms with Crippen LogP contribution in [0.4, 0.5) is 4.79 Å². The predicted molar refractivity (Wildman–Crippen MR) is 178 cm³/mol. The smallest absolute Gasteiger partial charge is 0.459 e. The van der Waals surface area contributed by atoms with E-state index < -0.39 is 40.9 Å². The van der Waals surface area contributed by atoms with Crippen molar-refractivity contribution in [3.63, 3.8) is 0 Å². The SMILES string of the molecule is CCc1c2c(nc3ccc(OC(=O)OC(C)(C)C)cc13)-c1cc3c(c(=O)n1C2)COC(=O)[C@@]3(CC)OC(=O)CSCC(=O)OC(C)(C)C. The van der Waals surface area contributed by atoms with Gasteiger partial charge >= 0.3 is 24.1 Å². The van der Waals surface area contributed by atoms with Gasteiger partial charge in [0.25, 0.3) is 5.56 Å². The van der Waals surface area contributed by atoms with Crippen molar-refractivity contribution in [3.05, 3.63) is 56.9 Å². The maximum absolute atomic E-state index is 14.0. The molecule has 0 N–H and O–H groups in total. The summed E-state index contributed by atoms with van der Waals surface area (Å²) in [6.07, 6.45) is -0.209. The number of nitrogens with zero attached hydrogens (tertiary/aromatic N) is 2. The van der Waals surface area contributed by atoms with Crippen LogP contribution in [0.25, 0.3) is 22.3 Å². The first-order chi connectivity index (χ1) is 22.5. The zero-order valence-electron chi connectivity index (χ0n) is 28.4. The van der Waals surface area contributed by atoms with Crippen LogP contribution >= 0.6 is 11.8 Å². The van der Waals surface area contributed by atoms with E-state index in [1.165, 1.54) is 0 Å². The molecule has 256 valence electrons. The van der Waals surface area contributed by atoms with Crippen LogP contribution in [-0.2, 0) is 58.5 Å². The minimum atomic E-state index is -1.85. The van der Waals surface area contributed by atoms with Gasteiger partial charge in [-0.3, -0.25) is 14.4 Å². The van der Waals surface area contributed by atoms with Gasteiger partial charge in [-0.1, -0.05) is 13.8 Å². The molecule has 1 aromatic carbocycles. The fourth-order valence-corrected chi connectivity index (χ4v) is 6.50. The first-order valence-corrected chi connectivity index (χ1v) is 16.9. The fourth-order valence-electron chi connectivity index (χ4n) is 5.95. The first-order valence-electron chi connectivity index (χ1n) is 15.8. The Labute approximate surface area is 282 Å². The van der Waals surface area contributed by atoms with Crippen molar-refractivity contribution in [2.45, 2.75) is 98.2 Å². The van der Waals surface area contributed by atoms with Crippen molar-refractivity contribution >= 4 is 46.7 Å². The minimum absolute atomic E-state index is 0.0167. The van der Waals surface area contributed by atoms with Crippen LogP contribution in [0.5, 0.6) is 5.75 Å². The van der Waals surface area contributed by atoms with E-state index in [1.807, 2.05) is 6.92 Å². The van der Waals surface area contributed by atoms with E-state index in [-0.39, 0.29) is 47.8 Å². The maximum Gasteiger partial charge on any atom is 0.514 e. The molecular weight excluding hydrogens is 640 g/mol. The lowest BCUT2D eigenvalue weighted by Gasteiger charge is -2.35. The van der Waals surface area contributed by atoms with Gasteiger partial charge in [0.05, 0.1) is 40.5 Å². The molecule has 0 saturated heterocycles. The van der Waals surface area contributed by atoms with Gasteiger partial charge in [-0.2, -0.15) is 0 Å². The number of rotatable bonds is 8. The van der Waals surface area contributed by atoms with Crippen molar-refractivity contribution in [1.82, 2.24) is 9.55 Å². The molecule has 13 heteroatoms. The number of aryl methyl sites for hydroxylation is 1. The van der Waals surface area contributed by atoms with E-state index >= 15 is 0 Å². The highest BCUT2D eigenvalue weighted by Gasteiger charge is 2.50. The summed E-state index contributed by atoms with van der Waals surface area (Å²) in [5.41, 5.74) is 0.305. The number of fused-ring (bicyclic) bond motifs is 5. The van der Waals surface area contributed by atoms with Gasteiger partial charge in [-0.15, -0.1) is 11.8 Å². The Balaban J connectivity index is 1.49. The zero-order chi connectivity index (χ0) is 35.2. The van der Waals surface area contributed by atoms with Gasteiger partial charge in [0.2, 0.25) is 5.60 Å². The number of benzene rings is 1. The monoisotopic (exact) mass is 680 g/mol. The second-order valence-electron chi connectivity index (χ2n) is 13.6. The van der Waals surface area contributed by atoms with Crippen LogP contribution in [0.2, 0.25) is 0 Å². The lowest BCUT2D eigenvalue weighted by molar-refractivity contribution is -0.188. The molecule has 0 fully saturated rings. The molecule has 4 heterocycles. The van der Waals surface area contributed by atoms with Crippen molar-refractivity contribution in [1.29, 1.82) is 0 Å². The number of carbonyl (C=O) groups excluding carboxylic acids is 4. The summed E-state index contributed by atoms with van der Waals surface area (Å²) in [5, 5.41) is 0.766. The molecule has 2 aliphatic rings. The third kappa shape index (κ3) is 6.92. The van der Waals surface area contributed by atoms with Gasteiger partial charge < -0.3 is 28.3 Å². The molecule has 0 saturated carbocycles. The Bertz CT molecular complexity index is 1890. The Hall–Kier alpha value is -4.39. The quantitative estimate of drug-likeness (QED) is 0.130. The van der Waals surface area contributed by atoms with Crippen molar-refractivity contribution in [2.24, 2.45) is 0 Å². The number of esters is 3. The van der Waals surface area contributed by atoms with E-state index in [2.05, 4.69) is 0 Å². The number of carbonyl (C=O) groups is 4. The van der Waals surface area contributed by atoms with Gasteiger partial charge in [0.1, 0.15) is 23.6 Å². The first kappa shape index (κ1) is 34.9. The molecule has 3 aromatic rings. The molecule has 0 aliphatic carbocycles. The molecule has 2 aromatic heterocycles. The summed E-state index contributed by atoms with van der Waals surface area (Å²) >= 11 is 1.00. The number of pyridine rings is 2. The van der Waals surface area contributed by atoms with Crippen LogP contribution in [0.1, 0.15) is 84.1 Å². The summed E-state index contributed by atoms with van der Waals surface area (Å²) in [4.78, 5) is 69.8. The predicted octanol–water partition coefficient (Wildman–Crippen LogP) is 5.58. The van der Waals surface area contributed by atoms with Gasteiger partial charge in [0.15, 0.2) is 0 Å². The van der Waals surface area contributed by atoms with Crippen LogP contribution in [0.3, 0.4) is 0 Å². The summed E-state index contributed by atoms with van der Waals surface area (Å²) in [6, 6.07) is 6.79. The number of ether oxygens (including phenoxy) is 5. The van der Waals surface area contributed by atoms with E-state index in [0.717, 1.165) is 28.3 Å². The molecule has 2 aliphatic heterocycles. The Morgan fingerprint density at radius 2 is 1.65 bits per heavy atom. The van der Waals surface area contributed by atoms with Gasteiger partial charge in [-0.25, -0.2) is 14.6 Å². The number of hydrogen-bond donors (Lipinski definition) is 0. The second kappa shape index (κ2) is 12.9. The van der Waals surface area contributed by atoms with E-state index in [4.69, 9.17) is 28.7 Å². The molecule has 12 nitrogen and oxygen atoms in total. The largest absolute Gasteiger partial charge is 0.514 e. The lowest BCUT2D eigenvalue weighted by Crippen LogP contribution is -2.47. The highest BCUT2D eigenvalue weighted by Crippen LogP contribution is 2.42. The third-order valence-corrected chi connectivity index (χ3v) is 8.72. The van der Waals surface area contributed by atoms with E-state index in [1.54, 1.807) is 77.3 Å². The topological polar surface area (TPSA) is 149 Å². The molecule has 48 heavy (non-hydrogen) atoms. The molecule has 1 atom stereocenters. The van der Waals surface area contributed by atoms with Crippen LogP contribution in [0, 0.1) is 0 Å². The van der Waals surface area contributed by atoms with Crippen LogP contribution < -0.4 is 10.3 Å². The lowest BCUT2D eigenvalue weighted by atomic mass is 9.85. The minimum Gasteiger partial charge on any atom is -0.459 e. The second-order valence-corrected chi connectivity index (χ2v) is 14.6. The number of thioether (sulfide) groups is 1. The Morgan fingerprint density at radius 1 is 0.958 bits per heavy atom. The summed E-state index contributed by atoms with van der Waals surface area (Å²) in [6.45, 7) is 14.1. The normalized spacial score (nSPS) is 16.8. The molecule has 5 rings (SSSR count). The number of aromatic nitrogens is 2. The standard InChI is InChI=1S/C35H40N2O10S/c1-9-20-21-13-19(44-32(42)47-34(6,7)8)11-12-25(21)36-29-22(20)15-37-26(29)14-24-23(30(37)40)16-43-31(41)35(24,10-2)46-28(39)18-48-17-27(38)45-33(3,4)5/h11-14H,9-10,15-18H2,1-8H3/t35-/m0/s1.